The van der Waals surface area contributed by atoms with Gasteiger partial charge in [0.1, 0.15) is 5.82 Å². The summed E-state index contributed by atoms with van der Waals surface area (Å²) in [6.07, 6.45) is 0. The first kappa shape index (κ1) is 8.94. The Morgan fingerprint density at radius 2 is 2.00 bits per heavy atom. The van der Waals surface area contributed by atoms with Crippen molar-refractivity contribution in [2.24, 2.45) is 0 Å². The third kappa shape index (κ3) is 1.21. The molecule has 2 N–H and O–H groups in total. The number of nitrogen functional groups attached to an aromatic ring is 1. The summed E-state index contributed by atoms with van der Waals surface area (Å²) in [6, 6.07) is 5.09. The van der Waals surface area contributed by atoms with Gasteiger partial charge in [0.15, 0.2) is 0 Å². The van der Waals surface area contributed by atoms with Crippen molar-refractivity contribution in [2.45, 2.75) is 13.8 Å². The quantitative estimate of drug-likeness (QED) is 0.648. The Balaban J connectivity index is 2.89. The van der Waals surface area contributed by atoms with E-state index in [9.17, 15) is 4.39 Å². The first-order valence-electron chi connectivity index (χ1n) is 4.41. The number of nitrogens with zero attached hydrogens (tertiary/aromatic N) is 1. The standard InChI is InChI=1S/C11H11FN2/c1-6-8-5-9(12)7(2)14-11(8)4-3-10(6)13/h3-5H,13H2,1-2H3. The Hall–Kier alpha value is -1.64. The summed E-state index contributed by atoms with van der Waals surface area (Å²) in [5, 5.41) is 0.785. The number of aryl methyl sites for hydroxylation is 2. The van der Waals surface area contributed by atoms with Crippen molar-refractivity contribution < 1.29 is 4.39 Å². The minimum atomic E-state index is -0.286. The third-order valence-electron chi connectivity index (χ3n) is 2.44. The van der Waals surface area contributed by atoms with Crippen molar-refractivity contribution in [3.05, 3.63) is 35.3 Å². The zero-order valence-corrected chi connectivity index (χ0v) is 8.13. The normalized spacial score (nSPS) is 10.8. The number of fused-ring (bicyclic) bond motifs is 1. The van der Waals surface area contributed by atoms with Gasteiger partial charge in [0.2, 0.25) is 0 Å². The molecule has 0 aliphatic rings. The second-order valence-corrected chi connectivity index (χ2v) is 3.40. The highest BCUT2D eigenvalue weighted by atomic mass is 19.1. The first-order valence-corrected chi connectivity index (χ1v) is 4.41. The third-order valence-corrected chi connectivity index (χ3v) is 2.44. The maximum atomic E-state index is 13.3. The van der Waals surface area contributed by atoms with Gasteiger partial charge in [-0.3, -0.25) is 4.98 Å². The van der Waals surface area contributed by atoms with Gasteiger partial charge in [-0.2, -0.15) is 0 Å². The molecule has 0 radical (unpaired) electrons. The van der Waals surface area contributed by atoms with Crippen LogP contribution in [0.15, 0.2) is 18.2 Å². The second kappa shape index (κ2) is 2.94. The number of aromatic nitrogens is 1. The van der Waals surface area contributed by atoms with Crippen LogP contribution in [0, 0.1) is 19.7 Å². The molecule has 72 valence electrons. The Labute approximate surface area is 81.6 Å². The minimum Gasteiger partial charge on any atom is -0.398 e. The monoisotopic (exact) mass is 190 g/mol. The predicted molar refractivity (Wildman–Crippen MR) is 55.6 cm³/mol. The van der Waals surface area contributed by atoms with Gasteiger partial charge in [0, 0.05) is 11.1 Å². The van der Waals surface area contributed by atoms with E-state index in [1.54, 1.807) is 13.0 Å². The molecule has 1 aromatic heterocycles. The fraction of sp³-hybridized carbons (Fsp3) is 0.182. The van der Waals surface area contributed by atoms with E-state index in [2.05, 4.69) is 4.98 Å². The molecule has 3 heteroatoms. The highest BCUT2D eigenvalue weighted by molar-refractivity contribution is 5.86. The molecule has 0 amide bonds. The van der Waals surface area contributed by atoms with Gasteiger partial charge in [-0.25, -0.2) is 4.39 Å². The molecule has 14 heavy (non-hydrogen) atoms. The van der Waals surface area contributed by atoms with Crippen LogP contribution in [0.5, 0.6) is 0 Å². The number of hydrogen-bond acceptors (Lipinski definition) is 2. The average molecular weight is 190 g/mol. The van der Waals surface area contributed by atoms with Crippen LogP contribution in [-0.4, -0.2) is 4.98 Å². The number of halogens is 1. The molecule has 1 heterocycles. The van der Waals surface area contributed by atoms with Crippen molar-refractivity contribution >= 4 is 16.6 Å². The summed E-state index contributed by atoms with van der Waals surface area (Å²) in [7, 11) is 0. The highest BCUT2D eigenvalue weighted by Crippen LogP contribution is 2.23. The lowest BCUT2D eigenvalue weighted by atomic mass is 10.1. The maximum Gasteiger partial charge on any atom is 0.145 e. The summed E-state index contributed by atoms with van der Waals surface area (Å²) in [5.74, 6) is -0.286. The van der Waals surface area contributed by atoms with E-state index < -0.39 is 0 Å². The fourth-order valence-electron chi connectivity index (χ4n) is 1.48. The van der Waals surface area contributed by atoms with Gasteiger partial charge in [0.25, 0.3) is 0 Å². The predicted octanol–water partition coefficient (Wildman–Crippen LogP) is 2.57. The number of anilines is 1. The summed E-state index contributed by atoms with van der Waals surface area (Å²) in [4.78, 5) is 4.15. The Morgan fingerprint density at radius 1 is 1.29 bits per heavy atom. The molecule has 0 unspecified atom stereocenters. The SMILES string of the molecule is Cc1nc2ccc(N)c(C)c2cc1F. The molecule has 2 rings (SSSR count). The molecule has 0 spiro atoms. The minimum absolute atomic E-state index is 0.286. The van der Waals surface area contributed by atoms with E-state index in [1.807, 2.05) is 13.0 Å². The van der Waals surface area contributed by atoms with Crippen LogP contribution in [0.4, 0.5) is 10.1 Å². The van der Waals surface area contributed by atoms with Crippen molar-refractivity contribution in [3.8, 4) is 0 Å². The zero-order chi connectivity index (χ0) is 10.3. The molecular formula is C11H11FN2. The highest BCUT2D eigenvalue weighted by Gasteiger charge is 2.05. The van der Waals surface area contributed by atoms with Crippen LogP contribution in [-0.2, 0) is 0 Å². The first-order chi connectivity index (χ1) is 6.59. The van der Waals surface area contributed by atoms with Gasteiger partial charge in [-0.05, 0) is 37.6 Å². The van der Waals surface area contributed by atoms with Crippen LogP contribution in [0.2, 0.25) is 0 Å². The molecule has 0 bridgehead atoms. The van der Waals surface area contributed by atoms with Crippen molar-refractivity contribution in [2.75, 3.05) is 5.73 Å². The van der Waals surface area contributed by atoms with E-state index in [-0.39, 0.29) is 5.82 Å². The van der Waals surface area contributed by atoms with Crippen LogP contribution >= 0.6 is 0 Å². The van der Waals surface area contributed by atoms with Gasteiger partial charge >= 0.3 is 0 Å². The number of pyridine rings is 1. The molecule has 2 aromatic rings. The summed E-state index contributed by atoms with van der Waals surface area (Å²) < 4.78 is 13.3. The van der Waals surface area contributed by atoms with Gasteiger partial charge in [-0.1, -0.05) is 0 Å². The molecule has 0 aliphatic heterocycles. The van der Waals surface area contributed by atoms with E-state index >= 15 is 0 Å². The summed E-state index contributed by atoms with van der Waals surface area (Å²) in [6.45, 7) is 3.52. The molecule has 1 aromatic carbocycles. The Morgan fingerprint density at radius 3 is 2.71 bits per heavy atom. The van der Waals surface area contributed by atoms with Gasteiger partial charge in [0.05, 0.1) is 11.2 Å². The lowest BCUT2D eigenvalue weighted by Crippen LogP contribution is -1.94. The van der Waals surface area contributed by atoms with E-state index in [1.165, 1.54) is 6.07 Å². The zero-order valence-electron chi connectivity index (χ0n) is 8.13. The van der Waals surface area contributed by atoms with Crippen molar-refractivity contribution in [1.82, 2.24) is 4.98 Å². The number of benzene rings is 1. The smallest absolute Gasteiger partial charge is 0.145 e. The number of rotatable bonds is 0. The average Bonchev–Trinajstić information content (AvgIpc) is 2.15. The van der Waals surface area contributed by atoms with Crippen molar-refractivity contribution in [1.29, 1.82) is 0 Å². The molecular weight excluding hydrogens is 179 g/mol. The van der Waals surface area contributed by atoms with E-state index in [0.29, 0.717) is 11.4 Å². The van der Waals surface area contributed by atoms with Crippen molar-refractivity contribution in [3.63, 3.8) is 0 Å². The van der Waals surface area contributed by atoms with E-state index in [0.717, 1.165) is 16.5 Å². The van der Waals surface area contributed by atoms with Gasteiger partial charge < -0.3 is 5.73 Å². The Bertz CT molecular complexity index is 506. The second-order valence-electron chi connectivity index (χ2n) is 3.40. The maximum absolute atomic E-state index is 13.3. The largest absolute Gasteiger partial charge is 0.398 e. The lowest BCUT2D eigenvalue weighted by molar-refractivity contribution is 0.613. The summed E-state index contributed by atoms with van der Waals surface area (Å²) >= 11 is 0. The fourth-order valence-corrected chi connectivity index (χ4v) is 1.48. The molecule has 0 saturated carbocycles. The topological polar surface area (TPSA) is 38.9 Å². The molecule has 2 nitrogen and oxygen atoms in total. The van der Waals surface area contributed by atoms with Crippen LogP contribution < -0.4 is 5.73 Å². The van der Waals surface area contributed by atoms with E-state index in [4.69, 9.17) is 5.73 Å². The lowest BCUT2D eigenvalue weighted by Gasteiger charge is -2.06. The van der Waals surface area contributed by atoms with Gasteiger partial charge in [-0.15, -0.1) is 0 Å². The number of hydrogen-bond donors (Lipinski definition) is 1. The van der Waals surface area contributed by atoms with Crippen LogP contribution in [0.3, 0.4) is 0 Å². The molecule has 0 atom stereocenters. The number of nitrogens with two attached hydrogens (primary N) is 1. The Kier molecular flexibility index (Phi) is 1.88. The van der Waals surface area contributed by atoms with Crippen LogP contribution in [0.1, 0.15) is 11.3 Å². The molecule has 0 saturated heterocycles. The summed E-state index contributed by atoms with van der Waals surface area (Å²) in [5.41, 5.74) is 8.48. The van der Waals surface area contributed by atoms with Crippen LogP contribution in [0.25, 0.3) is 10.9 Å². The molecule has 0 aliphatic carbocycles. The molecule has 0 fully saturated rings.